The fraction of sp³-hybridized carbons (Fsp3) is 0.0435. The van der Waals surface area contributed by atoms with Crippen molar-refractivity contribution in [3.05, 3.63) is 78.3 Å². The molecule has 0 unspecified atom stereocenters. The molecule has 32 heavy (non-hydrogen) atoms. The van der Waals surface area contributed by atoms with Gasteiger partial charge in [-0.3, -0.25) is 4.98 Å². The molecule has 0 saturated heterocycles. The first kappa shape index (κ1) is 19.8. The minimum atomic E-state index is -0.432. The van der Waals surface area contributed by atoms with Crippen LogP contribution in [0.3, 0.4) is 0 Å². The van der Waals surface area contributed by atoms with E-state index >= 15 is 0 Å². The van der Waals surface area contributed by atoms with Crippen molar-refractivity contribution >= 4 is 50.9 Å². The Morgan fingerprint density at radius 2 is 1.88 bits per heavy atom. The Labute approximate surface area is 187 Å². The van der Waals surface area contributed by atoms with Crippen LogP contribution in [0.4, 0.5) is 16.2 Å². The summed E-state index contributed by atoms with van der Waals surface area (Å²) < 4.78 is 7.80. The molecule has 0 aliphatic carbocycles. The predicted octanol–water partition coefficient (Wildman–Crippen LogP) is 5.61. The quantitative estimate of drug-likeness (QED) is 0.376. The molecule has 3 aromatic heterocycles. The summed E-state index contributed by atoms with van der Waals surface area (Å²) >= 11 is 6.38. The van der Waals surface area contributed by atoms with E-state index in [9.17, 15) is 4.79 Å². The van der Waals surface area contributed by atoms with Gasteiger partial charge in [0, 0.05) is 24.7 Å². The first-order valence-corrected chi connectivity index (χ1v) is 10.1. The van der Waals surface area contributed by atoms with Crippen LogP contribution in [0.15, 0.2) is 73.3 Å². The molecule has 2 amide bonds. The number of aryl methyl sites for hydroxylation is 1. The van der Waals surface area contributed by atoms with E-state index in [2.05, 4.69) is 25.6 Å². The summed E-state index contributed by atoms with van der Waals surface area (Å²) in [6, 6.07) is 16.0. The number of urea groups is 1. The third kappa shape index (κ3) is 3.91. The number of carbonyl (C=O) groups is 1. The second-order valence-corrected chi connectivity index (χ2v) is 7.49. The summed E-state index contributed by atoms with van der Waals surface area (Å²) in [4.78, 5) is 25.2. The van der Waals surface area contributed by atoms with Crippen molar-refractivity contribution in [1.29, 1.82) is 0 Å². The molecule has 5 aromatic rings. The lowest BCUT2D eigenvalue weighted by atomic mass is 10.2. The van der Waals surface area contributed by atoms with Crippen molar-refractivity contribution in [2.45, 2.75) is 0 Å². The number of aromatic nitrogens is 4. The third-order valence-corrected chi connectivity index (χ3v) is 5.19. The van der Waals surface area contributed by atoms with Crippen LogP contribution in [0.5, 0.6) is 11.6 Å². The molecule has 0 bridgehead atoms. The zero-order valence-electron chi connectivity index (χ0n) is 16.9. The SMILES string of the molecule is Cn1ccc2ncnc(Oc3ccc(NC(=O)Nc4cnc5ccccc5c4)c(Cl)c3)c21. The minimum Gasteiger partial charge on any atom is -0.437 e. The van der Waals surface area contributed by atoms with E-state index in [1.165, 1.54) is 6.33 Å². The van der Waals surface area contributed by atoms with E-state index in [4.69, 9.17) is 16.3 Å². The number of carbonyl (C=O) groups excluding carboxylic acids is 1. The summed E-state index contributed by atoms with van der Waals surface area (Å²) in [5.41, 5.74) is 3.42. The maximum atomic E-state index is 12.4. The van der Waals surface area contributed by atoms with E-state index in [0.717, 1.165) is 21.9 Å². The van der Waals surface area contributed by atoms with Gasteiger partial charge in [-0.25, -0.2) is 9.78 Å². The minimum absolute atomic E-state index is 0.325. The second kappa shape index (κ2) is 8.16. The van der Waals surface area contributed by atoms with E-state index in [0.29, 0.717) is 28.0 Å². The molecule has 0 saturated carbocycles. The predicted molar refractivity (Wildman–Crippen MR) is 124 cm³/mol. The number of hydrogen-bond donors (Lipinski definition) is 2. The van der Waals surface area contributed by atoms with E-state index in [1.54, 1.807) is 24.4 Å². The molecule has 0 aliphatic rings. The highest BCUT2D eigenvalue weighted by atomic mass is 35.5. The Bertz CT molecular complexity index is 1470. The fourth-order valence-electron chi connectivity index (χ4n) is 3.36. The third-order valence-electron chi connectivity index (χ3n) is 4.88. The first-order valence-electron chi connectivity index (χ1n) is 9.73. The Morgan fingerprint density at radius 3 is 2.75 bits per heavy atom. The molecule has 0 radical (unpaired) electrons. The number of amides is 2. The van der Waals surface area contributed by atoms with E-state index in [1.807, 2.05) is 54.2 Å². The summed E-state index contributed by atoms with van der Waals surface area (Å²) in [7, 11) is 1.89. The van der Waals surface area contributed by atoms with Gasteiger partial charge in [0.05, 0.1) is 33.6 Å². The number of benzene rings is 2. The standard InChI is InChI=1S/C23H17ClN6O2/c1-30-9-8-20-21(30)22(27-13-26-20)32-16-6-7-19(17(24)11-16)29-23(31)28-15-10-14-4-2-3-5-18(14)25-12-15/h2-13H,1H3,(H2,28,29,31). The van der Waals surface area contributed by atoms with Gasteiger partial charge in [-0.05, 0) is 30.3 Å². The maximum absolute atomic E-state index is 12.4. The van der Waals surface area contributed by atoms with Crippen LogP contribution in [0.25, 0.3) is 21.9 Å². The molecule has 0 atom stereocenters. The fourth-order valence-corrected chi connectivity index (χ4v) is 3.57. The molecule has 3 heterocycles. The van der Waals surface area contributed by atoms with Crippen molar-refractivity contribution in [3.63, 3.8) is 0 Å². The van der Waals surface area contributed by atoms with E-state index in [-0.39, 0.29) is 0 Å². The molecule has 0 fully saturated rings. The lowest BCUT2D eigenvalue weighted by molar-refractivity contribution is 0.262. The number of rotatable bonds is 4. The van der Waals surface area contributed by atoms with Gasteiger partial charge in [0.2, 0.25) is 5.88 Å². The number of hydrogen-bond acceptors (Lipinski definition) is 5. The maximum Gasteiger partial charge on any atom is 0.323 e. The van der Waals surface area contributed by atoms with Gasteiger partial charge in [-0.2, -0.15) is 4.98 Å². The van der Waals surface area contributed by atoms with Crippen LogP contribution < -0.4 is 15.4 Å². The number of pyridine rings is 1. The van der Waals surface area contributed by atoms with Crippen LogP contribution in [-0.2, 0) is 7.05 Å². The van der Waals surface area contributed by atoms with E-state index < -0.39 is 6.03 Å². The number of anilines is 2. The van der Waals surface area contributed by atoms with Gasteiger partial charge in [0.15, 0.2) is 0 Å². The zero-order chi connectivity index (χ0) is 22.1. The lowest BCUT2D eigenvalue weighted by Gasteiger charge is -2.11. The Kier molecular flexibility index (Phi) is 5.04. The number of nitrogens with zero attached hydrogens (tertiary/aromatic N) is 4. The number of nitrogens with one attached hydrogen (secondary N) is 2. The molecule has 2 N–H and O–H groups in total. The normalized spacial score (nSPS) is 10.9. The zero-order valence-corrected chi connectivity index (χ0v) is 17.7. The van der Waals surface area contributed by atoms with Crippen molar-refractivity contribution < 1.29 is 9.53 Å². The molecule has 2 aromatic carbocycles. The van der Waals surface area contributed by atoms with Gasteiger partial charge in [0.25, 0.3) is 0 Å². The summed E-state index contributed by atoms with van der Waals surface area (Å²) in [6.45, 7) is 0. The molecule has 5 rings (SSSR count). The molecule has 0 aliphatic heterocycles. The Morgan fingerprint density at radius 1 is 1.00 bits per heavy atom. The van der Waals surface area contributed by atoms with Gasteiger partial charge >= 0.3 is 6.03 Å². The van der Waals surface area contributed by atoms with Crippen LogP contribution >= 0.6 is 11.6 Å². The largest absolute Gasteiger partial charge is 0.437 e. The van der Waals surface area contributed by atoms with Crippen LogP contribution in [0.2, 0.25) is 5.02 Å². The topological polar surface area (TPSA) is 94.0 Å². The second-order valence-electron chi connectivity index (χ2n) is 7.08. The van der Waals surface area contributed by atoms with Gasteiger partial charge in [0.1, 0.15) is 17.6 Å². The van der Waals surface area contributed by atoms with Crippen LogP contribution in [0, 0.1) is 0 Å². The van der Waals surface area contributed by atoms with Gasteiger partial charge in [-0.15, -0.1) is 0 Å². The summed E-state index contributed by atoms with van der Waals surface area (Å²) in [5, 5.41) is 6.76. The summed E-state index contributed by atoms with van der Waals surface area (Å²) in [6.07, 6.45) is 4.93. The average Bonchev–Trinajstić information content (AvgIpc) is 3.17. The van der Waals surface area contributed by atoms with Crippen LogP contribution in [0.1, 0.15) is 0 Å². The molecular formula is C23H17ClN6O2. The molecule has 8 nitrogen and oxygen atoms in total. The molecule has 0 spiro atoms. The van der Waals surface area contributed by atoms with Gasteiger partial charge in [-0.1, -0.05) is 29.8 Å². The molecule has 158 valence electrons. The highest BCUT2D eigenvalue weighted by Crippen LogP contribution is 2.31. The Balaban J connectivity index is 1.30. The Hall–Kier alpha value is -4.17. The molecule has 9 heteroatoms. The summed E-state index contributed by atoms with van der Waals surface area (Å²) in [5.74, 6) is 0.904. The highest BCUT2D eigenvalue weighted by molar-refractivity contribution is 6.34. The smallest absolute Gasteiger partial charge is 0.323 e. The first-order chi connectivity index (χ1) is 15.6. The number of ether oxygens (including phenoxy) is 1. The van der Waals surface area contributed by atoms with Crippen molar-refractivity contribution in [1.82, 2.24) is 19.5 Å². The van der Waals surface area contributed by atoms with Crippen molar-refractivity contribution in [3.8, 4) is 11.6 Å². The highest BCUT2D eigenvalue weighted by Gasteiger charge is 2.12. The van der Waals surface area contributed by atoms with Crippen molar-refractivity contribution in [2.24, 2.45) is 7.05 Å². The number of fused-ring (bicyclic) bond motifs is 2. The van der Waals surface area contributed by atoms with Gasteiger partial charge < -0.3 is 19.9 Å². The lowest BCUT2D eigenvalue weighted by Crippen LogP contribution is -2.19. The monoisotopic (exact) mass is 444 g/mol. The molecular weight excluding hydrogens is 428 g/mol. The average molecular weight is 445 g/mol. The van der Waals surface area contributed by atoms with Crippen molar-refractivity contribution in [2.75, 3.05) is 10.6 Å². The number of halogens is 1. The van der Waals surface area contributed by atoms with Crippen LogP contribution in [-0.4, -0.2) is 25.6 Å². The number of para-hydroxylation sites is 1.